The largest absolute Gasteiger partial charge is 0.481 e. The summed E-state index contributed by atoms with van der Waals surface area (Å²) in [5.74, 6) is -1.04. The van der Waals surface area contributed by atoms with Crippen LogP contribution in [0.5, 0.6) is 0 Å². The van der Waals surface area contributed by atoms with E-state index in [1.54, 1.807) is 0 Å². The molecule has 2 rings (SSSR count). The molecular weight excluding hydrogens is 232 g/mol. The first-order valence-electron chi connectivity index (χ1n) is 6.82. The maximum Gasteiger partial charge on any atom is 0.315 e. The van der Waals surface area contributed by atoms with E-state index >= 15 is 0 Å². The van der Waals surface area contributed by atoms with Crippen LogP contribution in [-0.4, -0.2) is 29.7 Å². The molecule has 0 radical (unpaired) electrons. The molecule has 5 heteroatoms. The highest BCUT2D eigenvalue weighted by Gasteiger charge is 2.40. The number of urea groups is 1. The first kappa shape index (κ1) is 13.2. The summed E-state index contributed by atoms with van der Waals surface area (Å²) in [6.45, 7) is 2.89. The van der Waals surface area contributed by atoms with Crippen molar-refractivity contribution in [2.24, 2.45) is 11.3 Å². The third kappa shape index (κ3) is 3.15. The smallest absolute Gasteiger partial charge is 0.315 e. The number of rotatable bonds is 5. The minimum absolute atomic E-state index is 0.0166. The van der Waals surface area contributed by atoms with E-state index in [0.29, 0.717) is 18.3 Å². The molecule has 18 heavy (non-hydrogen) atoms. The SMILES string of the molecule is CCC1(CNC(=O)N[C@H]2CC[C@@H](C(=O)O)C2)CC1. The second-order valence-electron chi connectivity index (χ2n) is 5.73. The fraction of sp³-hybridized carbons (Fsp3) is 0.846. The van der Waals surface area contributed by atoms with E-state index in [4.69, 9.17) is 5.11 Å². The van der Waals surface area contributed by atoms with Crippen LogP contribution in [0.25, 0.3) is 0 Å². The van der Waals surface area contributed by atoms with Crippen LogP contribution in [0, 0.1) is 11.3 Å². The van der Waals surface area contributed by atoms with Crippen LogP contribution in [0.2, 0.25) is 0 Å². The zero-order valence-electron chi connectivity index (χ0n) is 10.9. The van der Waals surface area contributed by atoms with Crippen molar-refractivity contribution in [2.45, 2.75) is 51.5 Å². The maximum absolute atomic E-state index is 11.7. The van der Waals surface area contributed by atoms with E-state index < -0.39 is 5.97 Å². The quantitative estimate of drug-likeness (QED) is 0.699. The Morgan fingerprint density at radius 1 is 1.33 bits per heavy atom. The van der Waals surface area contributed by atoms with Gasteiger partial charge in [-0.2, -0.15) is 0 Å². The molecule has 3 N–H and O–H groups in total. The lowest BCUT2D eigenvalue weighted by Gasteiger charge is -2.17. The standard InChI is InChI=1S/C13H22N2O3/c1-2-13(5-6-13)8-14-12(18)15-10-4-3-9(7-10)11(16)17/h9-10H,2-8H2,1H3,(H,16,17)(H2,14,15,18)/t9-,10+/m1/s1. The van der Waals surface area contributed by atoms with Crippen molar-refractivity contribution in [3.63, 3.8) is 0 Å². The molecule has 0 heterocycles. The Morgan fingerprint density at radius 2 is 2.06 bits per heavy atom. The monoisotopic (exact) mass is 254 g/mol. The molecule has 0 unspecified atom stereocenters. The van der Waals surface area contributed by atoms with E-state index in [1.807, 2.05) is 0 Å². The van der Waals surface area contributed by atoms with Crippen molar-refractivity contribution in [3.8, 4) is 0 Å². The van der Waals surface area contributed by atoms with Crippen LogP contribution >= 0.6 is 0 Å². The summed E-state index contributed by atoms with van der Waals surface area (Å²) in [5, 5.41) is 14.7. The Morgan fingerprint density at radius 3 is 2.56 bits per heavy atom. The molecule has 2 fully saturated rings. The third-order valence-corrected chi connectivity index (χ3v) is 4.45. The molecule has 2 amide bonds. The average molecular weight is 254 g/mol. The van der Waals surface area contributed by atoms with Crippen LogP contribution in [0.1, 0.15) is 45.4 Å². The molecule has 0 aromatic rings. The summed E-state index contributed by atoms with van der Waals surface area (Å²) in [4.78, 5) is 22.5. The molecule has 0 aromatic carbocycles. The molecule has 0 aliphatic heterocycles. The van der Waals surface area contributed by atoms with Crippen LogP contribution in [0.3, 0.4) is 0 Å². The minimum Gasteiger partial charge on any atom is -0.481 e. The van der Waals surface area contributed by atoms with Gasteiger partial charge >= 0.3 is 12.0 Å². The van der Waals surface area contributed by atoms with E-state index in [9.17, 15) is 9.59 Å². The topological polar surface area (TPSA) is 78.4 Å². The number of amides is 2. The van der Waals surface area contributed by atoms with Crippen LogP contribution in [-0.2, 0) is 4.79 Å². The predicted octanol–water partition coefficient (Wildman–Crippen LogP) is 1.73. The van der Waals surface area contributed by atoms with Crippen LogP contribution in [0.4, 0.5) is 4.79 Å². The molecule has 2 atom stereocenters. The Bertz CT molecular complexity index is 339. The Kier molecular flexibility index (Phi) is 3.78. The summed E-state index contributed by atoms with van der Waals surface area (Å²) >= 11 is 0. The molecule has 2 aliphatic carbocycles. The van der Waals surface area contributed by atoms with Crippen LogP contribution < -0.4 is 10.6 Å². The van der Waals surface area contributed by atoms with Gasteiger partial charge in [-0.1, -0.05) is 6.92 Å². The lowest BCUT2D eigenvalue weighted by Crippen LogP contribution is -2.43. The van der Waals surface area contributed by atoms with Gasteiger partial charge in [0.1, 0.15) is 0 Å². The molecule has 0 spiro atoms. The van der Waals surface area contributed by atoms with Crippen molar-refractivity contribution < 1.29 is 14.7 Å². The Balaban J connectivity index is 1.67. The number of carboxylic acid groups (broad SMARTS) is 1. The van der Waals surface area contributed by atoms with Crippen molar-refractivity contribution in [2.75, 3.05) is 6.54 Å². The van der Waals surface area contributed by atoms with Gasteiger partial charge in [-0.05, 0) is 43.9 Å². The highest BCUT2D eigenvalue weighted by atomic mass is 16.4. The second kappa shape index (κ2) is 5.16. The number of aliphatic carboxylic acids is 1. The molecule has 2 saturated carbocycles. The molecule has 2 aliphatic rings. The van der Waals surface area contributed by atoms with Gasteiger partial charge in [0, 0.05) is 12.6 Å². The Hall–Kier alpha value is -1.26. The summed E-state index contributed by atoms with van der Waals surface area (Å²) in [6.07, 6.45) is 5.50. The van der Waals surface area contributed by atoms with Crippen molar-refractivity contribution >= 4 is 12.0 Å². The molecule has 0 saturated heterocycles. The first-order valence-corrected chi connectivity index (χ1v) is 6.82. The maximum atomic E-state index is 11.7. The van der Waals surface area contributed by atoms with E-state index in [2.05, 4.69) is 17.6 Å². The van der Waals surface area contributed by atoms with Gasteiger partial charge in [-0.15, -0.1) is 0 Å². The number of carbonyl (C=O) groups excluding carboxylic acids is 1. The summed E-state index contributed by atoms with van der Waals surface area (Å²) in [6, 6.07) is -0.131. The first-order chi connectivity index (χ1) is 8.54. The second-order valence-corrected chi connectivity index (χ2v) is 5.73. The molecular formula is C13H22N2O3. The predicted molar refractivity (Wildman–Crippen MR) is 67.3 cm³/mol. The van der Waals surface area contributed by atoms with E-state index in [1.165, 1.54) is 12.8 Å². The number of hydrogen-bond donors (Lipinski definition) is 3. The number of hydrogen-bond acceptors (Lipinski definition) is 2. The minimum atomic E-state index is -0.748. The Labute approximate surface area is 107 Å². The van der Waals surface area contributed by atoms with Gasteiger partial charge in [-0.25, -0.2) is 4.79 Å². The zero-order valence-corrected chi connectivity index (χ0v) is 10.9. The zero-order chi connectivity index (χ0) is 13.2. The average Bonchev–Trinajstić information content (AvgIpc) is 2.98. The number of carboxylic acids is 1. The highest BCUT2D eigenvalue weighted by molar-refractivity contribution is 5.75. The lowest BCUT2D eigenvalue weighted by atomic mass is 10.0. The fourth-order valence-electron chi connectivity index (χ4n) is 2.67. The van der Waals surface area contributed by atoms with Gasteiger partial charge in [0.25, 0.3) is 0 Å². The van der Waals surface area contributed by atoms with Gasteiger partial charge in [0.15, 0.2) is 0 Å². The lowest BCUT2D eigenvalue weighted by molar-refractivity contribution is -0.141. The highest BCUT2D eigenvalue weighted by Crippen LogP contribution is 2.47. The third-order valence-electron chi connectivity index (χ3n) is 4.45. The van der Waals surface area contributed by atoms with Crippen molar-refractivity contribution in [1.82, 2.24) is 10.6 Å². The number of nitrogens with one attached hydrogen (secondary N) is 2. The van der Waals surface area contributed by atoms with Gasteiger partial charge in [0.2, 0.25) is 0 Å². The number of carbonyl (C=O) groups is 2. The molecule has 5 nitrogen and oxygen atoms in total. The van der Waals surface area contributed by atoms with Crippen molar-refractivity contribution in [3.05, 3.63) is 0 Å². The fourth-order valence-corrected chi connectivity index (χ4v) is 2.67. The summed E-state index contributed by atoms with van der Waals surface area (Å²) in [7, 11) is 0. The van der Waals surface area contributed by atoms with Gasteiger partial charge < -0.3 is 15.7 Å². The van der Waals surface area contributed by atoms with E-state index in [0.717, 1.165) is 19.4 Å². The molecule has 0 aromatic heterocycles. The van der Waals surface area contributed by atoms with E-state index in [-0.39, 0.29) is 18.0 Å². The van der Waals surface area contributed by atoms with Crippen molar-refractivity contribution in [1.29, 1.82) is 0 Å². The van der Waals surface area contributed by atoms with Crippen LogP contribution in [0.15, 0.2) is 0 Å². The van der Waals surface area contributed by atoms with Gasteiger partial charge in [0.05, 0.1) is 5.92 Å². The molecule has 102 valence electrons. The van der Waals surface area contributed by atoms with Gasteiger partial charge in [-0.3, -0.25) is 4.79 Å². The summed E-state index contributed by atoms with van der Waals surface area (Å²) in [5.41, 5.74) is 0.344. The molecule has 0 bridgehead atoms. The normalized spacial score (nSPS) is 28.7. The summed E-state index contributed by atoms with van der Waals surface area (Å²) < 4.78 is 0.